The third-order valence-corrected chi connectivity index (χ3v) is 9.26. The molecule has 0 heterocycles. The molecule has 2 amide bonds. The number of nitrogens with one attached hydrogen (secondary N) is 2. The molecule has 0 unspecified atom stereocenters. The Hall–Kier alpha value is -6.58. The third kappa shape index (κ3) is 12.2. The highest BCUT2D eigenvalue weighted by molar-refractivity contribution is 5.98. The van der Waals surface area contributed by atoms with Crippen molar-refractivity contribution < 1.29 is 28.5 Å². The Labute approximate surface area is 334 Å². The van der Waals surface area contributed by atoms with Crippen LogP contribution in [0.15, 0.2) is 158 Å². The van der Waals surface area contributed by atoms with E-state index < -0.39 is 0 Å². The van der Waals surface area contributed by atoms with Crippen LogP contribution in [0.1, 0.15) is 62.2 Å². The first-order valence-corrected chi connectivity index (χ1v) is 19.3. The van der Waals surface area contributed by atoms with Gasteiger partial charge >= 0.3 is 0 Å². The minimum atomic E-state index is -0.302. The zero-order chi connectivity index (χ0) is 39.5. The number of amides is 2. The molecule has 0 radical (unpaired) electrons. The van der Waals surface area contributed by atoms with Crippen molar-refractivity contribution >= 4 is 11.8 Å². The summed E-state index contributed by atoms with van der Waals surface area (Å²) in [7, 11) is 0. The van der Waals surface area contributed by atoms with Crippen LogP contribution in [0.5, 0.6) is 23.0 Å². The summed E-state index contributed by atoms with van der Waals surface area (Å²) in [5.41, 5.74) is 10.9. The van der Waals surface area contributed by atoms with Crippen molar-refractivity contribution in [3.05, 3.63) is 191 Å². The summed E-state index contributed by atoms with van der Waals surface area (Å²) in [5, 5.41) is 6.13. The Kier molecular flexibility index (Phi) is 15.1. The van der Waals surface area contributed by atoms with E-state index in [1.807, 2.05) is 127 Å². The molecule has 9 heteroatoms. The van der Waals surface area contributed by atoms with Crippen LogP contribution >= 0.6 is 0 Å². The van der Waals surface area contributed by atoms with E-state index in [4.69, 9.17) is 24.7 Å². The van der Waals surface area contributed by atoms with Gasteiger partial charge in [0.2, 0.25) is 0 Å². The Bertz CT molecular complexity index is 2130. The molecule has 0 saturated heterocycles. The zero-order valence-corrected chi connectivity index (χ0v) is 32.0. The molecule has 9 nitrogen and oxygen atoms in total. The van der Waals surface area contributed by atoms with Crippen molar-refractivity contribution in [3.63, 3.8) is 0 Å². The zero-order valence-electron chi connectivity index (χ0n) is 32.0. The molecule has 0 bridgehead atoms. The average Bonchev–Trinajstić information content (AvgIpc) is 3.27. The molecule has 0 aliphatic heterocycles. The molecule has 6 aromatic carbocycles. The van der Waals surface area contributed by atoms with E-state index >= 15 is 0 Å². The molecule has 0 spiro atoms. The number of unbranched alkanes of at least 4 members (excludes halogenated alkanes) is 1. The lowest BCUT2D eigenvalue weighted by Crippen LogP contribution is -2.40. The Morgan fingerprint density at radius 3 is 1.30 bits per heavy atom. The molecular formula is C48H49N3O6. The van der Waals surface area contributed by atoms with Gasteiger partial charge in [-0.3, -0.25) is 9.59 Å². The normalized spacial score (nSPS) is 11.2. The molecule has 57 heavy (non-hydrogen) atoms. The van der Waals surface area contributed by atoms with E-state index in [-0.39, 0.29) is 37.6 Å². The lowest BCUT2D eigenvalue weighted by atomic mass is 10.1. The minimum absolute atomic E-state index is 0.250. The van der Waals surface area contributed by atoms with E-state index in [2.05, 4.69) is 10.6 Å². The van der Waals surface area contributed by atoms with Crippen molar-refractivity contribution in [2.45, 2.75) is 51.7 Å². The van der Waals surface area contributed by atoms with Gasteiger partial charge in [0.05, 0.1) is 11.1 Å². The number of carbonyl (C=O) groups is 2. The second-order valence-electron chi connectivity index (χ2n) is 13.5. The maximum atomic E-state index is 13.8. The Morgan fingerprint density at radius 2 is 0.877 bits per heavy atom. The molecule has 0 aliphatic rings. The van der Waals surface area contributed by atoms with Gasteiger partial charge in [0.1, 0.15) is 26.4 Å². The minimum Gasteiger partial charge on any atom is -0.485 e. The predicted molar refractivity (Wildman–Crippen MR) is 222 cm³/mol. The lowest BCUT2D eigenvalue weighted by molar-refractivity contribution is 0.0928. The number of carbonyl (C=O) groups excluding carboxylic acids is 2. The van der Waals surface area contributed by atoms with Gasteiger partial charge in [0, 0.05) is 19.1 Å². The van der Waals surface area contributed by atoms with Crippen LogP contribution in [0.3, 0.4) is 0 Å². The molecule has 0 saturated carbocycles. The average molecular weight is 764 g/mol. The fourth-order valence-electron chi connectivity index (χ4n) is 6.17. The lowest BCUT2D eigenvalue weighted by Gasteiger charge is -2.20. The van der Waals surface area contributed by atoms with Gasteiger partial charge in [0.15, 0.2) is 23.0 Å². The first-order valence-electron chi connectivity index (χ1n) is 19.3. The van der Waals surface area contributed by atoms with Crippen molar-refractivity contribution in [3.8, 4) is 23.0 Å². The summed E-state index contributed by atoms with van der Waals surface area (Å²) >= 11 is 0. The second-order valence-corrected chi connectivity index (χ2v) is 13.5. The van der Waals surface area contributed by atoms with Crippen LogP contribution in [-0.4, -0.2) is 30.9 Å². The van der Waals surface area contributed by atoms with E-state index in [9.17, 15) is 9.59 Å². The highest BCUT2D eigenvalue weighted by Crippen LogP contribution is 2.34. The number of nitrogens with two attached hydrogens (primary N) is 1. The maximum absolute atomic E-state index is 13.8. The Balaban J connectivity index is 1.05. The van der Waals surface area contributed by atoms with Gasteiger partial charge in [-0.2, -0.15) is 0 Å². The smallest absolute Gasteiger partial charge is 0.255 e. The first kappa shape index (κ1) is 40.1. The van der Waals surface area contributed by atoms with Crippen molar-refractivity contribution in [2.75, 3.05) is 13.1 Å². The molecule has 0 aliphatic carbocycles. The molecule has 6 aromatic rings. The van der Waals surface area contributed by atoms with Gasteiger partial charge in [-0.05, 0) is 65.8 Å². The van der Waals surface area contributed by atoms with Gasteiger partial charge in [-0.25, -0.2) is 0 Å². The molecular weight excluding hydrogens is 715 g/mol. The fraction of sp³-hybridized carbons (Fsp3) is 0.208. The fourth-order valence-corrected chi connectivity index (χ4v) is 6.17. The maximum Gasteiger partial charge on any atom is 0.255 e. The number of hydrogen-bond donors (Lipinski definition) is 3. The standard InChI is InChI=1S/C48H49N3O6/c49-31-40(51-48(53)42-27-16-29-44(55-33-37-19-7-2-8-20-37)46(42)57-35-39-23-11-4-12-24-39)25-13-14-30-50-47(52)41-26-15-28-43(54-32-36-17-5-1-6-18-36)45(41)56-34-38-21-9-3-10-22-38/h1-12,15-24,26-29,40H,13-14,25,30-35,49H2,(H,50,52)(H,51,53)/t40-/m1/s1. The van der Waals surface area contributed by atoms with E-state index in [0.29, 0.717) is 66.7 Å². The van der Waals surface area contributed by atoms with Crippen molar-refractivity contribution in [2.24, 2.45) is 5.73 Å². The quantitative estimate of drug-likeness (QED) is 0.0628. The molecule has 4 N–H and O–H groups in total. The Morgan fingerprint density at radius 1 is 0.474 bits per heavy atom. The van der Waals surface area contributed by atoms with E-state index in [1.165, 1.54) is 0 Å². The monoisotopic (exact) mass is 763 g/mol. The number of para-hydroxylation sites is 2. The molecule has 6 rings (SSSR count). The van der Waals surface area contributed by atoms with Crippen LogP contribution in [0.2, 0.25) is 0 Å². The molecule has 292 valence electrons. The van der Waals surface area contributed by atoms with Gasteiger partial charge in [0.25, 0.3) is 11.8 Å². The predicted octanol–water partition coefficient (Wildman–Crippen LogP) is 8.66. The van der Waals surface area contributed by atoms with Crippen molar-refractivity contribution in [1.29, 1.82) is 0 Å². The summed E-state index contributed by atoms with van der Waals surface area (Å²) in [4.78, 5) is 27.3. The molecule has 1 atom stereocenters. The van der Waals surface area contributed by atoms with Crippen molar-refractivity contribution in [1.82, 2.24) is 10.6 Å². The summed E-state index contributed by atoms with van der Waals surface area (Å²) in [5.74, 6) is 1.17. The van der Waals surface area contributed by atoms with Crippen LogP contribution < -0.4 is 35.3 Å². The number of ether oxygens (including phenoxy) is 4. The topological polar surface area (TPSA) is 121 Å². The highest BCUT2D eigenvalue weighted by atomic mass is 16.5. The SMILES string of the molecule is NC[C@@H](CCCCNC(=O)c1cccc(OCc2ccccc2)c1OCc1ccccc1)NC(=O)c1cccc(OCc2ccccc2)c1OCc1ccccc1. The van der Waals surface area contributed by atoms with Gasteiger partial charge in [-0.1, -0.05) is 133 Å². The second kappa shape index (κ2) is 21.5. The highest BCUT2D eigenvalue weighted by Gasteiger charge is 2.21. The number of benzene rings is 6. The van der Waals surface area contributed by atoms with Crippen LogP contribution in [0.4, 0.5) is 0 Å². The van der Waals surface area contributed by atoms with E-state index in [0.717, 1.165) is 28.7 Å². The van der Waals surface area contributed by atoms with Gasteiger partial charge in [-0.15, -0.1) is 0 Å². The first-order chi connectivity index (χ1) is 28.1. The summed E-state index contributed by atoms with van der Waals surface area (Å²) in [6.07, 6.45) is 2.02. The number of rotatable bonds is 21. The largest absolute Gasteiger partial charge is 0.485 e. The van der Waals surface area contributed by atoms with Crippen LogP contribution in [0, 0.1) is 0 Å². The summed E-state index contributed by atoms with van der Waals surface area (Å²) in [6, 6.07) is 49.6. The van der Waals surface area contributed by atoms with Crippen LogP contribution in [-0.2, 0) is 26.4 Å². The summed E-state index contributed by atoms with van der Waals surface area (Å²) in [6.45, 7) is 1.89. The third-order valence-electron chi connectivity index (χ3n) is 9.26. The summed E-state index contributed by atoms with van der Waals surface area (Å²) < 4.78 is 24.8. The van der Waals surface area contributed by atoms with Crippen LogP contribution in [0.25, 0.3) is 0 Å². The van der Waals surface area contributed by atoms with E-state index in [1.54, 1.807) is 30.3 Å². The molecule has 0 aromatic heterocycles. The number of hydrogen-bond acceptors (Lipinski definition) is 7. The molecule has 0 fully saturated rings. The van der Waals surface area contributed by atoms with Gasteiger partial charge < -0.3 is 35.3 Å².